The second-order valence-corrected chi connectivity index (χ2v) is 50.0. The van der Waals surface area contributed by atoms with Gasteiger partial charge in [-0.2, -0.15) is 0 Å². The molecule has 2 aliphatic heterocycles. The van der Waals surface area contributed by atoms with Crippen LogP contribution >= 0.6 is 0 Å². The summed E-state index contributed by atoms with van der Waals surface area (Å²) in [5, 5.41) is 38.7. The Morgan fingerprint density at radius 1 is 0.464 bits per heavy atom. The lowest BCUT2D eigenvalue weighted by atomic mass is 9.40. The molecule has 15 heteroatoms. The summed E-state index contributed by atoms with van der Waals surface area (Å²) < 4.78 is 41.4. The van der Waals surface area contributed by atoms with E-state index in [1.807, 2.05) is 20.8 Å². The van der Waals surface area contributed by atoms with Crippen molar-refractivity contribution in [2.24, 2.45) is 62.1 Å². The van der Waals surface area contributed by atoms with E-state index in [4.69, 9.17) is 27.2 Å². The smallest absolute Gasteiger partial charge is 0.192 e. The van der Waals surface area contributed by atoms with E-state index in [9.17, 15) is 15.3 Å². The van der Waals surface area contributed by atoms with Crippen molar-refractivity contribution in [1.29, 1.82) is 0 Å². The molecule has 18 atom stereocenters. The second-order valence-electron chi connectivity index (χ2n) is 31.1. The van der Waals surface area contributed by atoms with Gasteiger partial charge in [-0.3, -0.25) is 9.59 Å². The maximum Gasteiger partial charge on any atom is 0.192 e. The standard InChI is InChI=1S/C35H64O5Si2.C34H62O6Si2/c1-14-41(15-2,16-3)39-26-21-35(37)25(9)30-33(12)22-38-27(33)20-28(40-42(17-4,18-5)19-6)34(30,13)31(36)24(8)29(23(26)7)32(35,10)11;1-13-41(14-2,15-3)39-24-20-34(37)23(8)29-32(11)21-38-25(32)19-26(40-42(16-4,17-5)18-6)33(29,12)30(36)28(35)27(22(24)7)31(34,9)10/h24-28,30,37H,14-22H2,1-13H3;23-26,28-29,35,37H,13-21H2,1-12H3/t24-,25+,26+,27-,28+,30?,33-,34-,35-;23-,24-,25+,26-,28+,29?,32+,33+,34+/m10/s1. The number of ketones is 2. The van der Waals surface area contributed by atoms with Gasteiger partial charge in [-0.05, 0) is 141 Å². The third-order valence-electron chi connectivity index (χ3n) is 28.1. The highest BCUT2D eigenvalue weighted by molar-refractivity contribution is 6.74. The summed E-state index contributed by atoms with van der Waals surface area (Å²) in [6.07, 6.45) is 0.212. The molecule has 8 aliphatic rings. The summed E-state index contributed by atoms with van der Waals surface area (Å²) >= 11 is 0. The van der Waals surface area contributed by atoms with Crippen LogP contribution in [0.15, 0.2) is 22.3 Å². The highest BCUT2D eigenvalue weighted by Crippen LogP contribution is 2.70. The number of hydrogen-bond acceptors (Lipinski definition) is 11. The Hall–Kier alpha value is -0.672. The molecule has 0 amide bonds. The molecule has 6 aliphatic carbocycles. The van der Waals surface area contributed by atoms with Gasteiger partial charge in [0.15, 0.2) is 39.1 Å². The highest BCUT2D eigenvalue weighted by atomic mass is 28.4. The molecule has 0 aromatic heterocycles. The lowest BCUT2D eigenvalue weighted by molar-refractivity contribution is -0.300. The quantitative estimate of drug-likeness (QED) is 0.0790. The van der Waals surface area contributed by atoms with E-state index in [2.05, 4.69) is 152 Å². The molecule has 4 saturated carbocycles. The first-order valence-electron chi connectivity index (χ1n) is 34.5. The van der Waals surface area contributed by atoms with Gasteiger partial charge in [0.2, 0.25) is 0 Å². The van der Waals surface area contributed by atoms with Gasteiger partial charge >= 0.3 is 0 Å². The van der Waals surface area contributed by atoms with E-state index in [-0.39, 0.29) is 82.8 Å². The summed E-state index contributed by atoms with van der Waals surface area (Å²) in [6, 6.07) is 12.4. The molecule has 6 fully saturated rings. The fraction of sp³-hybridized carbons (Fsp3) is 0.913. The maximum atomic E-state index is 15.3. The van der Waals surface area contributed by atoms with Crippen LogP contribution in [0.25, 0.3) is 0 Å². The number of rotatable bonds is 20. The van der Waals surface area contributed by atoms with Crippen LogP contribution < -0.4 is 0 Å². The lowest BCUT2D eigenvalue weighted by Crippen LogP contribution is -2.76. The molecule has 3 N–H and O–H groups in total. The van der Waals surface area contributed by atoms with Crippen LogP contribution in [-0.4, -0.2) is 127 Å². The van der Waals surface area contributed by atoms with E-state index in [0.717, 1.165) is 90.1 Å². The largest absolute Gasteiger partial charge is 0.413 e. The summed E-state index contributed by atoms with van der Waals surface area (Å²) in [7, 11) is -8.12. The monoisotopic (exact) mass is 1240 g/mol. The van der Waals surface area contributed by atoms with Gasteiger partial charge in [0.05, 0.1) is 71.9 Å². The maximum absolute atomic E-state index is 15.3. The molecule has 8 rings (SSSR count). The number of aliphatic hydroxyl groups excluding tert-OH is 1. The summed E-state index contributed by atoms with van der Waals surface area (Å²) in [5.74, 6) is -0.787. The molecule has 11 nitrogen and oxygen atoms in total. The first-order chi connectivity index (χ1) is 38.9. The van der Waals surface area contributed by atoms with Gasteiger partial charge in [-0.15, -0.1) is 0 Å². The zero-order valence-corrected chi connectivity index (χ0v) is 62.3. The predicted octanol–water partition coefficient (Wildman–Crippen LogP) is 15.8. The van der Waals surface area contributed by atoms with Crippen molar-refractivity contribution in [3.63, 3.8) is 0 Å². The topological polar surface area (TPSA) is 150 Å². The van der Waals surface area contributed by atoms with E-state index in [1.165, 1.54) is 5.57 Å². The summed E-state index contributed by atoms with van der Waals surface area (Å²) in [6.45, 7) is 56.3. The molecule has 2 saturated heterocycles. The Kier molecular flexibility index (Phi) is 20.6. The Morgan fingerprint density at radius 3 is 1.05 bits per heavy atom. The molecule has 0 spiro atoms. The molecule has 484 valence electrons. The van der Waals surface area contributed by atoms with Gasteiger partial charge in [0.25, 0.3) is 0 Å². The van der Waals surface area contributed by atoms with Crippen molar-refractivity contribution >= 4 is 44.8 Å². The first-order valence-corrected chi connectivity index (χ1v) is 44.6. The van der Waals surface area contributed by atoms with Crippen molar-refractivity contribution < 1.29 is 52.1 Å². The van der Waals surface area contributed by atoms with Crippen LogP contribution in [0.5, 0.6) is 0 Å². The van der Waals surface area contributed by atoms with Gasteiger partial charge < -0.3 is 42.5 Å². The van der Waals surface area contributed by atoms with E-state index in [0.29, 0.717) is 43.8 Å². The highest BCUT2D eigenvalue weighted by Gasteiger charge is 2.75. The Balaban J connectivity index is 0.000000241. The van der Waals surface area contributed by atoms with Gasteiger partial charge in [0.1, 0.15) is 11.9 Å². The van der Waals surface area contributed by atoms with Crippen LogP contribution in [0.1, 0.15) is 199 Å². The zero-order valence-electron chi connectivity index (χ0n) is 58.3. The predicted molar refractivity (Wildman–Crippen MR) is 352 cm³/mol. The van der Waals surface area contributed by atoms with Crippen molar-refractivity contribution in [3.8, 4) is 0 Å². The number of hydrogen-bond donors (Lipinski definition) is 3. The third kappa shape index (κ3) is 10.2. The van der Waals surface area contributed by atoms with E-state index >= 15 is 9.59 Å². The number of ether oxygens (including phenoxy) is 2. The number of carbonyl (C=O) groups is 2. The number of aliphatic hydroxyl groups is 3. The van der Waals surface area contributed by atoms with E-state index < -0.39 is 72.2 Å². The number of Topliss-reactive ketones (excluding diaryl/α,β-unsaturated/α-hetero) is 2. The minimum absolute atomic E-state index is 0.0240. The summed E-state index contributed by atoms with van der Waals surface area (Å²) in [5.41, 5.74) is -1.78. The average Bonchev–Trinajstić information content (AvgIpc) is 2.14. The lowest BCUT2D eigenvalue weighted by Gasteiger charge is -2.69. The van der Waals surface area contributed by atoms with Crippen molar-refractivity contribution in [3.05, 3.63) is 22.3 Å². The summed E-state index contributed by atoms with van der Waals surface area (Å²) in [4.78, 5) is 30.4. The Bertz CT molecular complexity index is 2260. The van der Waals surface area contributed by atoms with Crippen LogP contribution in [0.4, 0.5) is 0 Å². The van der Waals surface area contributed by atoms with Crippen LogP contribution in [-0.2, 0) is 36.8 Å². The molecular weight excluding hydrogens is 1120 g/mol. The van der Waals surface area contributed by atoms with Crippen molar-refractivity contribution in [2.75, 3.05) is 13.2 Å². The van der Waals surface area contributed by atoms with Gasteiger partial charge in [0, 0.05) is 53.3 Å². The fourth-order valence-electron chi connectivity index (χ4n) is 21.2. The molecule has 0 aromatic rings. The minimum atomic E-state index is -2.10. The van der Waals surface area contributed by atoms with E-state index in [1.54, 1.807) is 0 Å². The normalized spacial score (nSPS) is 41.9. The van der Waals surface area contributed by atoms with Crippen LogP contribution in [0.3, 0.4) is 0 Å². The zero-order chi connectivity index (χ0) is 63.4. The molecule has 0 aromatic carbocycles. The molecule has 84 heavy (non-hydrogen) atoms. The average molecular weight is 1240 g/mol. The van der Waals surface area contributed by atoms with Gasteiger partial charge in [-0.25, -0.2) is 0 Å². The Labute approximate surface area is 517 Å². The van der Waals surface area contributed by atoms with Crippen LogP contribution in [0, 0.1) is 62.1 Å². The number of carbonyl (C=O) groups excluding carboxylic acids is 2. The van der Waals surface area contributed by atoms with Crippen molar-refractivity contribution in [2.45, 2.75) is 325 Å². The molecule has 2 heterocycles. The van der Waals surface area contributed by atoms with Crippen LogP contribution in [0.2, 0.25) is 72.5 Å². The SMILES string of the molecule is CC[Si](CC)(CC)O[C@H]1C[C@@]2(O)[C@@H](C)C3[C@]4(C)CO[C@@H]4C[C@H](O[Si](CC)(CC)CC)[C@@]3(C)C(=O)[C@H](C)C(=C1C)C2(C)C.CC[Si](CC)(CC)O[C@H]1C[C@@]2(O)[C@@H](C)C3[C@]4(C)CO[C@@H]4C[C@H](O[Si](CC)(CC)CC)[C@@]3(C)C(=O)[C@H](O)C(=C1C)C2(C)C. The van der Waals surface area contributed by atoms with Gasteiger partial charge in [-0.1, -0.05) is 151 Å². The molecular formula is C69H126O11Si4. The second kappa shape index (κ2) is 24.4. The van der Waals surface area contributed by atoms with Crippen molar-refractivity contribution in [1.82, 2.24) is 0 Å². The number of fused-ring (bicyclic) bond motifs is 10. The minimum Gasteiger partial charge on any atom is -0.413 e. The third-order valence-corrected chi connectivity index (χ3v) is 46.7. The Morgan fingerprint density at radius 2 is 0.750 bits per heavy atom. The molecule has 2 unspecified atom stereocenters. The fourth-order valence-corrected chi connectivity index (χ4v) is 32.8. The first kappa shape index (κ1) is 70.8. The molecule has 4 bridgehead atoms. The molecule has 0 radical (unpaired) electrons.